The number of sulfonamides is 1. The molecule has 24 heavy (non-hydrogen) atoms. The summed E-state index contributed by atoms with van der Waals surface area (Å²) < 4.78 is 27.9. The van der Waals surface area contributed by atoms with Crippen molar-refractivity contribution in [3.8, 4) is 0 Å². The summed E-state index contributed by atoms with van der Waals surface area (Å²) in [5.41, 5.74) is 1.60. The lowest BCUT2D eigenvalue weighted by atomic mass is 9.85. The van der Waals surface area contributed by atoms with E-state index in [9.17, 15) is 13.2 Å². The molecule has 2 aliphatic rings. The van der Waals surface area contributed by atoms with E-state index in [0.29, 0.717) is 29.8 Å². The van der Waals surface area contributed by atoms with Crippen molar-refractivity contribution in [1.29, 1.82) is 0 Å². The maximum Gasteiger partial charge on any atom is 0.243 e. The third-order valence-electron chi connectivity index (χ3n) is 5.26. The van der Waals surface area contributed by atoms with Crippen molar-refractivity contribution in [3.05, 3.63) is 23.3 Å². The molecule has 1 N–H and O–H groups in total. The Labute approximate surface area is 144 Å². The summed E-state index contributed by atoms with van der Waals surface area (Å²) in [6.45, 7) is 10.8. The van der Waals surface area contributed by atoms with Gasteiger partial charge in [0.2, 0.25) is 15.9 Å². The van der Waals surface area contributed by atoms with E-state index in [1.165, 1.54) is 0 Å². The Kier molecular flexibility index (Phi) is 4.04. The summed E-state index contributed by atoms with van der Waals surface area (Å²) >= 11 is 0. The minimum absolute atomic E-state index is 0.0876. The van der Waals surface area contributed by atoms with Crippen LogP contribution in [0.2, 0.25) is 0 Å². The highest BCUT2D eigenvalue weighted by Gasteiger charge is 2.41. The van der Waals surface area contributed by atoms with Crippen LogP contribution in [-0.4, -0.2) is 31.7 Å². The van der Waals surface area contributed by atoms with Crippen LogP contribution >= 0.6 is 0 Å². The molecule has 6 heteroatoms. The molecule has 1 aromatic carbocycles. The second kappa shape index (κ2) is 5.56. The molecule has 0 unspecified atom stereocenters. The lowest BCUT2D eigenvalue weighted by Gasteiger charge is -2.34. The molecule has 2 atom stereocenters. The molecule has 132 valence electrons. The first-order valence-electron chi connectivity index (χ1n) is 8.50. The summed E-state index contributed by atoms with van der Waals surface area (Å²) in [6, 6.07) is 3.36. The van der Waals surface area contributed by atoms with Crippen LogP contribution < -0.4 is 5.32 Å². The zero-order valence-corrected chi connectivity index (χ0v) is 15.8. The Morgan fingerprint density at radius 3 is 2.33 bits per heavy atom. The normalized spacial score (nSPS) is 27.0. The zero-order valence-electron chi connectivity index (χ0n) is 15.0. The summed E-state index contributed by atoms with van der Waals surface area (Å²) in [5, 5.41) is 2.88. The topological polar surface area (TPSA) is 66.5 Å². The first-order valence-corrected chi connectivity index (χ1v) is 9.94. The van der Waals surface area contributed by atoms with Crippen molar-refractivity contribution in [2.24, 2.45) is 11.8 Å². The van der Waals surface area contributed by atoms with Gasteiger partial charge in [0, 0.05) is 18.8 Å². The van der Waals surface area contributed by atoms with Crippen molar-refractivity contribution in [2.75, 3.05) is 18.4 Å². The molecule has 2 heterocycles. The molecule has 1 fully saturated rings. The third kappa shape index (κ3) is 2.65. The van der Waals surface area contributed by atoms with E-state index in [1.807, 2.05) is 20.8 Å². The molecule has 0 radical (unpaired) electrons. The minimum Gasteiger partial charge on any atom is -0.325 e. The number of nitrogens with zero attached hydrogens (tertiary/aromatic N) is 1. The SMILES string of the molecule is Cc1cc(S(=O)(=O)N2C[C@H](C)C[C@H](C)C2)cc2c1NC(=O)C2(C)C. The molecule has 0 saturated carbocycles. The van der Waals surface area contributed by atoms with Gasteiger partial charge in [0.25, 0.3) is 0 Å². The number of hydrogen-bond acceptors (Lipinski definition) is 3. The van der Waals surface area contributed by atoms with Gasteiger partial charge in [-0.25, -0.2) is 8.42 Å². The monoisotopic (exact) mass is 350 g/mol. The van der Waals surface area contributed by atoms with Gasteiger partial charge in [-0.2, -0.15) is 4.31 Å². The van der Waals surface area contributed by atoms with Crippen molar-refractivity contribution in [2.45, 2.75) is 51.3 Å². The second-order valence-electron chi connectivity index (χ2n) is 8.01. The van der Waals surface area contributed by atoms with Crippen LogP contribution in [0.15, 0.2) is 17.0 Å². The van der Waals surface area contributed by atoms with Crippen LogP contribution in [0.4, 0.5) is 5.69 Å². The lowest BCUT2D eigenvalue weighted by Crippen LogP contribution is -2.42. The lowest BCUT2D eigenvalue weighted by molar-refractivity contribution is -0.119. The fourth-order valence-electron chi connectivity index (χ4n) is 3.91. The Balaban J connectivity index is 2.06. The standard InChI is InChI=1S/C18H26N2O3S/c1-11-6-12(2)10-20(9-11)24(22,23)14-7-13(3)16-15(8-14)18(4,5)17(21)19-16/h7-8,11-12H,6,9-10H2,1-5H3,(H,19,21)/t11-,12+. The molecule has 5 nitrogen and oxygen atoms in total. The summed E-state index contributed by atoms with van der Waals surface area (Å²) in [7, 11) is -3.55. The average molecular weight is 350 g/mol. The molecule has 3 rings (SSSR count). The summed E-state index contributed by atoms with van der Waals surface area (Å²) in [4.78, 5) is 12.5. The van der Waals surface area contributed by atoms with E-state index >= 15 is 0 Å². The third-order valence-corrected chi connectivity index (χ3v) is 7.07. The van der Waals surface area contributed by atoms with Crippen molar-refractivity contribution < 1.29 is 13.2 Å². The molecule has 0 aliphatic carbocycles. The number of rotatable bonds is 2. The highest BCUT2D eigenvalue weighted by Crippen LogP contribution is 2.41. The van der Waals surface area contributed by atoms with E-state index in [-0.39, 0.29) is 5.91 Å². The first-order chi connectivity index (χ1) is 11.0. The number of nitrogens with one attached hydrogen (secondary N) is 1. The highest BCUT2D eigenvalue weighted by atomic mass is 32.2. The van der Waals surface area contributed by atoms with Crippen LogP contribution in [0.25, 0.3) is 0 Å². The van der Waals surface area contributed by atoms with Gasteiger partial charge in [-0.15, -0.1) is 0 Å². The van der Waals surface area contributed by atoms with Gasteiger partial charge >= 0.3 is 0 Å². The number of piperidine rings is 1. The second-order valence-corrected chi connectivity index (χ2v) is 9.95. The largest absolute Gasteiger partial charge is 0.325 e. The number of hydrogen-bond donors (Lipinski definition) is 1. The summed E-state index contributed by atoms with van der Waals surface area (Å²) in [6.07, 6.45) is 1.06. The number of amides is 1. The first kappa shape index (κ1) is 17.4. The average Bonchev–Trinajstić information content (AvgIpc) is 2.69. The van der Waals surface area contributed by atoms with E-state index in [0.717, 1.165) is 23.2 Å². The fraction of sp³-hybridized carbons (Fsp3) is 0.611. The Morgan fingerprint density at radius 1 is 1.17 bits per heavy atom. The molecular weight excluding hydrogens is 324 g/mol. The Morgan fingerprint density at radius 2 is 1.75 bits per heavy atom. The van der Waals surface area contributed by atoms with Crippen LogP contribution in [-0.2, 0) is 20.2 Å². The smallest absolute Gasteiger partial charge is 0.243 e. The van der Waals surface area contributed by atoms with E-state index < -0.39 is 15.4 Å². The van der Waals surface area contributed by atoms with E-state index in [2.05, 4.69) is 19.2 Å². The zero-order chi connectivity index (χ0) is 17.9. The van der Waals surface area contributed by atoms with Crippen LogP contribution in [0.5, 0.6) is 0 Å². The number of benzene rings is 1. The molecule has 1 aromatic rings. The highest BCUT2D eigenvalue weighted by molar-refractivity contribution is 7.89. The van der Waals surface area contributed by atoms with Crippen LogP contribution in [0.1, 0.15) is 45.2 Å². The maximum absolute atomic E-state index is 13.1. The number of carbonyl (C=O) groups excluding carboxylic acids is 1. The van der Waals surface area contributed by atoms with Gasteiger partial charge in [-0.1, -0.05) is 13.8 Å². The Hall–Kier alpha value is -1.40. The molecule has 1 saturated heterocycles. The predicted octanol–water partition coefficient (Wildman–Crippen LogP) is 2.89. The van der Waals surface area contributed by atoms with Crippen molar-refractivity contribution in [1.82, 2.24) is 4.31 Å². The molecule has 0 bridgehead atoms. The van der Waals surface area contributed by atoms with Crippen molar-refractivity contribution >= 4 is 21.6 Å². The number of aryl methyl sites for hydroxylation is 1. The van der Waals surface area contributed by atoms with Gasteiger partial charge in [0.15, 0.2) is 0 Å². The van der Waals surface area contributed by atoms with Gasteiger partial charge in [-0.05, 0) is 62.3 Å². The number of carbonyl (C=O) groups is 1. The quantitative estimate of drug-likeness (QED) is 0.892. The minimum atomic E-state index is -3.55. The fourth-order valence-corrected chi connectivity index (χ4v) is 5.70. The van der Waals surface area contributed by atoms with Gasteiger partial charge < -0.3 is 5.32 Å². The molecule has 0 aromatic heterocycles. The molecule has 1 amide bonds. The molecule has 2 aliphatic heterocycles. The Bertz CT molecular complexity index is 789. The van der Waals surface area contributed by atoms with Crippen molar-refractivity contribution in [3.63, 3.8) is 0 Å². The number of fused-ring (bicyclic) bond motifs is 1. The molecular formula is C18H26N2O3S. The molecule has 0 spiro atoms. The van der Waals surface area contributed by atoms with Gasteiger partial charge in [0.1, 0.15) is 0 Å². The van der Waals surface area contributed by atoms with E-state index in [1.54, 1.807) is 16.4 Å². The van der Waals surface area contributed by atoms with Crippen LogP contribution in [0, 0.1) is 18.8 Å². The maximum atomic E-state index is 13.1. The summed E-state index contributed by atoms with van der Waals surface area (Å²) in [5.74, 6) is 0.632. The number of anilines is 1. The van der Waals surface area contributed by atoms with E-state index in [4.69, 9.17) is 0 Å². The van der Waals surface area contributed by atoms with Gasteiger partial charge in [-0.3, -0.25) is 4.79 Å². The van der Waals surface area contributed by atoms with Gasteiger partial charge in [0.05, 0.1) is 10.3 Å². The van der Waals surface area contributed by atoms with Crippen LogP contribution in [0.3, 0.4) is 0 Å². The predicted molar refractivity (Wildman–Crippen MR) is 94.5 cm³/mol.